The van der Waals surface area contributed by atoms with Gasteiger partial charge in [0, 0.05) is 25.3 Å². The highest BCUT2D eigenvalue weighted by atomic mass is 16.5. The fourth-order valence-electron chi connectivity index (χ4n) is 3.31. The molecule has 1 atom stereocenters. The standard InChI is InChI=1S/C22H30N4O/c1-3-18-7-9-21(10-8-18)25-22(23)24-14-19-5-4-6-20(13-19)16-26-11-12-27-17(2)15-26/h4-10,13,17H,3,11-12,14-16H2,1-2H3,(H3,23,24,25). The van der Waals surface area contributed by atoms with E-state index in [2.05, 4.69) is 65.5 Å². The Kier molecular flexibility index (Phi) is 6.85. The third-order valence-electron chi connectivity index (χ3n) is 4.79. The lowest BCUT2D eigenvalue weighted by Gasteiger charge is -2.31. The Labute approximate surface area is 162 Å². The van der Waals surface area contributed by atoms with E-state index in [9.17, 15) is 0 Å². The number of ether oxygens (including phenoxy) is 1. The summed E-state index contributed by atoms with van der Waals surface area (Å²) in [5, 5.41) is 3.15. The molecule has 2 aromatic carbocycles. The molecular formula is C22H30N4O. The first kappa shape index (κ1) is 19.4. The van der Waals surface area contributed by atoms with Crippen molar-refractivity contribution in [3.05, 3.63) is 65.2 Å². The Bertz CT molecular complexity index is 757. The Morgan fingerprint density at radius 1 is 1.19 bits per heavy atom. The lowest BCUT2D eigenvalue weighted by Crippen LogP contribution is -2.40. The van der Waals surface area contributed by atoms with Crippen LogP contribution in [-0.4, -0.2) is 36.7 Å². The van der Waals surface area contributed by atoms with E-state index in [-0.39, 0.29) is 0 Å². The van der Waals surface area contributed by atoms with E-state index in [1.807, 2.05) is 12.1 Å². The number of nitrogens with two attached hydrogens (primary N) is 1. The summed E-state index contributed by atoms with van der Waals surface area (Å²) in [4.78, 5) is 6.92. The summed E-state index contributed by atoms with van der Waals surface area (Å²) in [5.41, 5.74) is 10.8. The summed E-state index contributed by atoms with van der Waals surface area (Å²) in [6, 6.07) is 16.8. The number of nitrogens with zero attached hydrogens (tertiary/aromatic N) is 2. The number of benzene rings is 2. The molecule has 3 N–H and O–H groups in total. The monoisotopic (exact) mass is 366 g/mol. The molecule has 27 heavy (non-hydrogen) atoms. The van der Waals surface area contributed by atoms with Crippen molar-refractivity contribution in [2.24, 2.45) is 10.7 Å². The summed E-state index contributed by atoms with van der Waals surface area (Å²) in [6.45, 7) is 8.57. The molecule has 5 nitrogen and oxygen atoms in total. The number of hydrogen-bond acceptors (Lipinski definition) is 3. The molecule has 0 bridgehead atoms. The molecule has 2 aromatic rings. The number of aliphatic imine (C=N–C) groups is 1. The quantitative estimate of drug-likeness (QED) is 0.608. The minimum Gasteiger partial charge on any atom is -0.376 e. The van der Waals surface area contributed by atoms with Crippen LogP contribution in [0.25, 0.3) is 0 Å². The molecule has 0 amide bonds. The number of morpholine rings is 1. The van der Waals surface area contributed by atoms with Gasteiger partial charge in [-0.1, -0.05) is 43.3 Å². The highest BCUT2D eigenvalue weighted by Crippen LogP contribution is 2.13. The molecule has 0 aromatic heterocycles. The van der Waals surface area contributed by atoms with Crippen LogP contribution < -0.4 is 11.1 Å². The molecule has 0 spiro atoms. The van der Waals surface area contributed by atoms with Crippen LogP contribution in [0.1, 0.15) is 30.5 Å². The number of anilines is 1. The second kappa shape index (κ2) is 9.53. The van der Waals surface area contributed by atoms with E-state index in [4.69, 9.17) is 10.5 Å². The van der Waals surface area contributed by atoms with Crippen molar-refractivity contribution in [1.29, 1.82) is 0 Å². The van der Waals surface area contributed by atoms with Gasteiger partial charge >= 0.3 is 0 Å². The third kappa shape index (κ3) is 6.08. The van der Waals surface area contributed by atoms with Crippen LogP contribution in [0.3, 0.4) is 0 Å². The van der Waals surface area contributed by atoms with Crippen molar-refractivity contribution in [1.82, 2.24) is 4.90 Å². The number of rotatable bonds is 6. The lowest BCUT2D eigenvalue weighted by atomic mass is 10.1. The zero-order valence-electron chi connectivity index (χ0n) is 16.3. The van der Waals surface area contributed by atoms with E-state index >= 15 is 0 Å². The van der Waals surface area contributed by atoms with Crippen molar-refractivity contribution in [2.45, 2.75) is 39.5 Å². The number of nitrogens with one attached hydrogen (secondary N) is 1. The van der Waals surface area contributed by atoms with E-state index in [1.165, 1.54) is 16.7 Å². The van der Waals surface area contributed by atoms with Gasteiger partial charge in [-0.25, -0.2) is 4.99 Å². The first-order valence-electron chi connectivity index (χ1n) is 9.70. The maximum atomic E-state index is 6.04. The van der Waals surface area contributed by atoms with E-state index < -0.39 is 0 Å². The van der Waals surface area contributed by atoms with E-state index in [0.29, 0.717) is 18.6 Å². The van der Waals surface area contributed by atoms with E-state index in [0.717, 1.165) is 38.3 Å². The number of aryl methyl sites for hydroxylation is 1. The maximum Gasteiger partial charge on any atom is 0.193 e. The van der Waals surface area contributed by atoms with Crippen LogP contribution in [0.5, 0.6) is 0 Å². The van der Waals surface area contributed by atoms with Crippen LogP contribution in [0.15, 0.2) is 53.5 Å². The Hall–Kier alpha value is -2.37. The summed E-state index contributed by atoms with van der Waals surface area (Å²) < 4.78 is 5.62. The summed E-state index contributed by atoms with van der Waals surface area (Å²) in [7, 11) is 0. The van der Waals surface area contributed by atoms with Gasteiger partial charge in [-0.15, -0.1) is 0 Å². The normalized spacial score (nSPS) is 18.4. The Morgan fingerprint density at radius 3 is 2.70 bits per heavy atom. The van der Waals surface area contributed by atoms with Crippen molar-refractivity contribution >= 4 is 11.6 Å². The number of hydrogen-bond donors (Lipinski definition) is 2. The lowest BCUT2D eigenvalue weighted by molar-refractivity contribution is -0.0212. The summed E-state index contributed by atoms with van der Waals surface area (Å²) in [5.74, 6) is 0.437. The van der Waals surface area contributed by atoms with Gasteiger partial charge in [-0.2, -0.15) is 0 Å². The van der Waals surface area contributed by atoms with Crippen LogP contribution in [0.2, 0.25) is 0 Å². The van der Waals surface area contributed by atoms with Crippen molar-refractivity contribution < 1.29 is 4.74 Å². The molecule has 1 aliphatic heterocycles. The van der Waals surface area contributed by atoms with Gasteiger partial charge in [0.2, 0.25) is 0 Å². The zero-order chi connectivity index (χ0) is 19.1. The molecule has 0 radical (unpaired) electrons. The molecule has 1 unspecified atom stereocenters. The van der Waals surface area contributed by atoms with Crippen LogP contribution in [-0.2, 0) is 24.2 Å². The molecule has 3 rings (SSSR count). The molecule has 0 saturated carbocycles. The minimum absolute atomic E-state index is 0.309. The smallest absolute Gasteiger partial charge is 0.193 e. The molecule has 1 heterocycles. The van der Waals surface area contributed by atoms with Crippen LogP contribution in [0.4, 0.5) is 5.69 Å². The fraction of sp³-hybridized carbons (Fsp3) is 0.409. The predicted octanol–water partition coefficient (Wildman–Crippen LogP) is 3.40. The largest absolute Gasteiger partial charge is 0.376 e. The van der Waals surface area contributed by atoms with Crippen LogP contribution in [0, 0.1) is 0 Å². The highest BCUT2D eigenvalue weighted by molar-refractivity contribution is 5.92. The van der Waals surface area contributed by atoms with Crippen molar-refractivity contribution in [2.75, 3.05) is 25.0 Å². The van der Waals surface area contributed by atoms with Gasteiger partial charge in [-0.05, 0) is 42.2 Å². The zero-order valence-corrected chi connectivity index (χ0v) is 16.3. The van der Waals surface area contributed by atoms with Gasteiger partial charge in [0.15, 0.2) is 5.96 Å². The average molecular weight is 367 g/mol. The topological polar surface area (TPSA) is 62.9 Å². The highest BCUT2D eigenvalue weighted by Gasteiger charge is 2.16. The third-order valence-corrected chi connectivity index (χ3v) is 4.79. The second-order valence-corrected chi connectivity index (χ2v) is 7.11. The van der Waals surface area contributed by atoms with Gasteiger partial charge in [-0.3, -0.25) is 4.90 Å². The first-order valence-corrected chi connectivity index (χ1v) is 9.70. The Balaban J connectivity index is 1.55. The first-order chi connectivity index (χ1) is 13.1. The summed E-state index contributed by atoms with van der Waals surface area (Å²) in [6.07, 6.45) is 1.34. The summed E-state index contributed by atoms with van der Waals surface area (Å²) >= 11 is 0. The average Bonchev–Trinajstić information content (AvgIpc) is 2.67. The molecule has 0 aliphatic carbocycles. The van der Waals surface area contributed by atoms with Gasteiger partial charge in [0.05, 0.1) is 19.3 Å². The van der Waals surface area contributed by atoms with E-state index in [1.54, 1.807) is 0 Å². The molecule has 1 fully saturated rings. The second-order valence-electron chi connectivity index (χ2n) is 7.11. The SMILES string of the molecule is CCc1ccc(NC(N)=NCc2cccc(CN3CCOC(C)C3)c2)cc1. The molecule has 1 saturated heterocycles. The van der Waals surface area contributed by atoms with Gasteiger partial charge in [0.25, 0.3) is 0 Å². The molecular weight excluding hydrogens is 336 g/mol. The van der Waals surface area contributed by atoms with Gasteiger partial charge in [0.1, 0.15) is 0 Å². The molecule has 144 valence electrons. The Morgan fingerprint density at radius 2 is 1.96 bits per heavy atom. The van der Waals surface area contributed by atoms with Crippen LogP contribution >= 0.6 is 0 Å². The molecule has 5 heteroatoms. The predicted molar refractivity (Wildman–Crippen MR) is 112 cm³/mol. The number of guanidine groups is 1. The van der Waals surface area contributed by atoms with Crippen molar-refractivity contribution in [3.8, 4) is 0 Å². The minimum atomic E-state index is 0.309. The fourth-order valence-corrected chi connectivity index (χ4v) is 3.31. The van der Waals surface area contributed by atoms with Crippen molar-refractivity contribution in [3.63, 3.8) is 0 Å². The maximum absolute atomic E-state index is 6.04. The molecule has 1 aliphatic rings. The van der Waals surface area contributed by atoms with Gasteiger partial charge < -0.3 is 15.8 Å².